The molecule has 6 heteroatoms. The van der Waals surface area contributed by atoms with Crippen LogP contribution in [0, 0.1) is 5.82 Å². The van der Waals surface area contributed by atoms with Gasteiger partial charge in [-0.2, -0.15) is 0 Å². The third kappa shape index (κ3) is 3.62. The van der Waals surface area contributed by atoms with Crippen LogP contribution in [0.15, 0.2) is 42.5 Å². The summed E-state index contributed by atoms with van der Waals surface area (Å²) in [5, 5.41) is 10.1. The van der Waals surface area contributed by atoms with Gasteiger partial charge >= 0.3 is 5.97 Å². The Balaban J connectivity index is 2.09. The molecule has 1 fully saturated rings. The zero-order valence-corrected chi connectivity index (χ0v) is 14.5. The van der Waals surface area contributed by atoms with Gasteiger partial charge in [0, 0.05) is 11.6 Å². The Bertz CT molecular complexity index is 783. The van der Waals surface area contributed by atoms with E-state index in [4.69, 9.17) is 16.3 Å². The highest BCUT2D eigenvalue weighted by molar-refractivity contribution is 6.30. The second kappa shape index (κ2) is 7.42. The largest absolute Gasteiger partial charge is 0.494 e. The van der Waals surface area contributed by atoms with E-state index in [1.54, 1.807) is 24.3 Å². The number of benzene rings is 2. The predicted octanol–water partition coefficient (Wildman–Crippen LogP) is 4.13. The minimum Gasteiger partial charge on any atom is -0.494 e. The summed E-state index contributed by atoms with van der Waals surface area (Å²) < 4.78 is 19.2. The van der Waals surface area contributed by atoms with Crippen LogP contribution in [0.25, 0.3) is 0 Å². The lowest BCUT2D eigenvalue weighted by Crippen LogP contribution is -2.39. The molecule has 2 unspecified atom stereocenters. The Hall–Kier alpha value is -2.11. The Morgan fingerprint density at radius 2 is 2.08 bits per heavy atom. The van der Waals surface area contributed by atoms with Gasteiger partial charge in [-0.25, -0.2) is 4.39 Å². The van der Waals surface area contributed by atoms with Crippen molar-refractivity contribution in [1.29, 1.82) is 0 Å². The smallest absolute Gasteiger partial charge is 0.320 e. The average Bonchev–Trinajstić information content (AvgIpc) is 3.05. The van der Waals surface area contributed by atoms with Gasteiger partial charge in [0.15, 0.2) is 11.6 Å². The fraction of sp³-hybridized carbons (Fsp3) is 0.316. The summed E-state index contributed by atoms with van der Waals surface area (Å²) in [7, 11) is 1.41. The Morgan fingerprint density at radius 3 is 2.72 bits per heavy atom. The third-order valence-electron chi connectivity index (χ3n) is 4.57. The van der Waals surface area contributed by atoms with Gasteiger partial charge in [-0.3, -0.25) is 9.69 Å². The molecule has 0 aliphatic carbocycles. The van der Waals surface area contributed by atoms with Crippen LogP contribution in [0.3, 0.4) is 0 Å². The van der Waals surface area contributed by atoms with Gasteiger partial charge in [0.05, 0.1) is 13.2 Å². The molecule has 0 spiro atoms. The second-order valence-corrected chi connectivity index (χ2v) is 6.52. The van der Waals surface area contributed by atoms with Crippen LogP contribution in [0.4, 0.5) is 4.39 Å². The van der Waals surface area contributed by atoms with E-state index < -0.39 is 17.8 Å². The molecule has 1 aliphatic heterocycles. The zero-order valence-electron chi connectivity index (χ0n) is 13.8. The van der Waals surface area contributed by atoms with Crippen molar-refractivity contribution in [2.45, 2.75) is 24.9 Å². The van der Waals surface area contributed by atoms with E-state index in [9.17, 15) is 14.3 Å². The minimum absolute atomic E-state index is 0.157. The van der Waals surface area contributed by atoms with Crippen molar-refractivity contribution in [2.24, 2.45) is 0 Å². The van der Waals surface area contributed by atoms with E-state index in [0.717, 1.165) is 12.0 Å². The molecule has 25 heavy (non-hydrogen) atoms. The normalized spacial score (nSPS) is 18.9. The molecule has 132 valence electrons. The maximum atomic E-state index is 14.3. The Morgan fingerprint density at radius 1 is 1.32 bits per heavy atom. The molecule has 2 atom stereocenters. The van der Waals surface area contributed by atoms with Gasteiger partial charge in [-0.1, -0.05) is 29.8 Å². The average molecular weight is 364 g/mol. The summed E-state index contributed by atoms with van der Waals surface area (Å²) in [5.74, 6) is -1.18. The van der Waals surface area contributed by atoms with Crippen LogP contribution in [0.1, 0.15) is 30.0 Å². The van der Waals surface area contributed by atoms with E-state index >= 15 is 0 Å². The quantitative estimate of drug-likeness (QED) is 0.867. The van der Waals surface area contributed by atoms with Gasteiger partial charge in [0.1, 0.15) is 6.04 Å². The molecule has 2 aromatic carbocycles. The number of carbonyl (C=O) groups is 1. The van der Waals surface area contributed by atoms with E-state index in [1.807, 2.05) is 17.0 Å². The first-order chi connectivity index (χ1) is 12.0. The highest BCUT2D eigenvalue weighted by Crippen LogP contribution is 2.37. The first-order valence-corrected chi connectivity index (χ1v) is 8.46. The van der Waals surface area contributed by atoms with Crippen molar-refractivity contribution in [3.05, 3.63) is 64.4 Å². The zero-order chi connectivity index (χ0) is 18.0. The van der Waals surface area contributed by atoms with Gasteiger partial charge in [-0.15, -0.1) is 0 Å². The monoisotopic (exact) mass is 363 g/mol. The number of hydrogen-bond acceptors (Lipinski definition) is 3. The molecule has 1 aliphatic rings. The molecule has 1 N–H and O–H groups in total. The lowest BCUT2D eigenvalue weighted by Gasteiger charge is -2.32. The van der Waals surface area contributed by atoms with E-state index in [2.05, 4.69) is 0 Å². The summed E-state index contributed by atoms with van der Waals surface area (Å²) in [6.07, 6.45) is 1.36. The molecule has 1 saturated heterocycles. The first-order valence-electron chi connectivity index (χ1n) is 8.08. The lowest BCUT2D eigenvalue weighted by atomic mass is 9.96. The summed E-state index contributed by atoms with van der Waals surface area (Å²) in [5.41, 5.74) is 1.51. The molecular formula is C19H19ClFNO3. The molecule has 1 heterocycles. The fourth-order valence-electron chi connectivity index (χ4n) is 3.47. The predicted molar refractivity (Wildman–Crippen MR) is 93.6 cm³/mol. The number of ether oxygens (including phenoxy) is 1. The van der Waals surface area contributed by atoms with E-state index in [1.165, 1.54) is 13.2 Å². The number of aliphatic carboxylic acids is 1. The molecule has 3 rings (SSSR count). The standard InChI is InChI=1S/C19H19ClFNO3/c1-25-17-8-7-13(11-15(17)21)18(12-4-2-5-14(20)10-12)22-9-3-6-16(22)19(23)24/h2,4-5,7-8,10-11,16,18H,3,6,9H2,1H3,(H,23,24). The molecule has 0 amide bonds. The van der Waals surface area contributed by atoms with E-state index in [0.29, 0.717) is 23.6 Å². The Labute approximate surface area is 150 Å². The number of carboxylic acid groups (broad SMARTS) is 1. The lowest BCUT2D eigenvalue weighted by molar-refractivity contribution is -0.142. The van der Waals surface area contributed by atoms with Crippen LogP contribution < -0.4 is 4.74 Å². The molecule has 0 saturated carbocycles. The summed E-state index contributed by atoms with van der Waals surface area (Å²) in [6.45, 7) is 0.627. The number of rotatable bonds is 5. The van der Waals surface area contributed by atoms with Gasteiger partial charge in [-0.05, 0) is 48.2 Å². The van der Waals surface area contributed by atoms with Crippen molar-refractivity contribution in [3.63, 3.8) is 0 Å². The topological polar surface area (TPSA) is 49.8 Å². The molecular weight excluding hydrogens is 345 g/mol. The fourth-order valence-corrected chi connectivity index (χ4v) is 3.67. The second-order valence-electron chi connectivity index (χ2n) is 6.09. The number of nitrogens with zero attached hydrogens (tertiary/aromatic N) is 1. The van der Waals surface area contributed by atoms with Gasteiger partial charge in [0.2, 0.25) is 0 Å². The summed E-state index contributed by atoms with van der Waals surface area (Å²) >= 11 is 6.13. The van der Waals surface area contributed by atoms with Gasteiger partial charge in [0.25, 0.3) is 0 Å². The molecule has 0 bridgehead atoms. The van der Waals surface area contributed by atoms with Crippen LogP contribution >= 0.6 is 11.6 Å². The number of likely N-dealkylation sites (tertiary alicyclic amines) is 1. The number of hydrogen-bond donors (Lipinski definition) is 1. The maximum absolute atomic E-state index is 14.3. The molecule has 0 aromatic heterocycles. The van der Waals surface area contributed by atoms with Crippen LogP contribution in [-0.4, -0.2) is 35.7 Å². The first kappa shape index (κ1) is 17.7. The minimum atomic E-state index is -0.862. The van der Waals surface area contributed by atoms with Crippen molar-refractivity contribution in [3.8, 4) is 5.75 Å². The third-order valence-corrected chi connectivity index (χ3v) is 4.80. The van der Waals surface area contributed by atoms with Crippen LogP contribution in [0.5, 0.6) is 5.75 Å². The SMILES string of the molecule is COc1ccc(C(c2cccc(Cl)c2)N2CCCC2C(=O)O)cc1F. The van der Waals surface area contributed by atoms with Crippen LogP contribution in [0.2, 0.25) is 5.02 Å². The molecule has 2 aromatic rings. The highest BCUT2D eigenvalue weighted by Gasteiger charge is 2.37. The van der Waals surface area contributed by atoms with Crippen LogP contribution in [-0.2, 0) is 4.79 Å². The van der Waals surface area contributed by atoms with Gasteiger partial charge < -0.3 is 9.84 Å². The number of halogens is 2. The maximum Gasteiger partial charge on any atom is 0.320 e. The highest BCUT2D eigenvalue weighted by atomic mass is 35.5. The molecule has 4 nitrogen and oxygen atoms in total. The van der Waals surface area contributed by atoms with Crippen molar-refractivity contribution < 1.29 is 19.0 Å². The summed E-state index contributed by atoms with van der Waals surface area (Å²) in [4.78, 5) is 13.5. The van der Waals surface area contributed by atoms with Crippen molar-refractivity contribution in [2.75, 3.05) is 13.7 Å². The number of methoxy groups -OCH3 is 1. The molecule has 0 radical (unpaired) electrons. The van der Waals surface area contributed by atoms with E-state index in [-0.39, 0.29) is 11.8 Å². The van der Waals surface area contributed by atoms with Crippen molar-refractivity contribution >= 4 is 17.6 Å². The summed E-state index contributed by atoms with van der Waals surface area (Å²) in [6, 6.07) is 11.0. The number of carboxylic acids is 1. The van der Waals surface area contributed by atoms with Crippen molar-refractivity contribution in [1.82, 2.24) is 4.90 Å². The Kier molecular flexibility index (Phi) is 5.25.